The van der Waals surface area contributed by atoms with Gasteiger partial charge in [-0.15, -0.1) is 0 Å². The molecular formula is C19H30O2S. The van der Waals surface area contributed by atoms with Crippen molar-refractivity contribution in [1.29, 1.82) is 0 Å². The van der Waals surface area contributed by atoms with Crippen LogP contribution < -0.4 is 0 Å². The zero-order valence-corrected chi connectivity index (χ0v) is 15.8. The second-order valence-corrected chi connectivity index (χ2v) is 5.37. The molecule has 1 aliphatic heterocycles. The highest BCUT2D eigenvalue weighted by molar-refractivity contribution is 7.96. The van der Waals surface area contributed by atoms with Gasteiger partial charge in [-0.3, -0.25) is 0 Å². The third kappa shape index (κ3) is 4.70. The van der Waals surface area contributed by atoms with E-state index in [4.69, 9.17) is 0 Å². The van der Waals surface area contributed by atoms with Crippen LogP contribution in [0.15, 0.2) is 58.9 Å². The molecular weight excluding hydrogens is 292 g/mol. The zero-order chi connectivity index (χ0) is 17.8. The van der Waals surface area contributed by atoms with Gasteiger partial charge in [0.15, 0.2) is 0 Å². The second kappa shape index (κ2) is 12.0. The van der Waals surface area contributed by atoms with Crippen LogP contribution in [0.25, 0.3) is 5.57 Å². The highest BCUT2D eigenvalue weighted by Crippen LogP contribution is 2.39. The molecule has 0 aromatic heterocycles. The van der Waals surface area contributed by atoms with Gasteiger partial charge in [0, 0.05) is 11.1 Å². The Morgan fingerprint density at radius 1 is 0.955 bits per heavy atom. The molecule has 2 nitrogen and oxygen atoms in total. The monoisotopic (exact) mass is 322 g/mol. The van der Waals surface area contributed by atoms with Gasteiger partial charge in [0.1, 0.15) is 0 Å². The minimum atomic E-state index is -3.36. The van der Waals surface area contributed by atoms with E-state index in [9.17, 15) is 8.42 Å². The first-order chi connectivity index (χ1) is 10.6. The van der Waals surface area contributed by atoms with E-state index in [1.807, 2.05) is 66.7 Å². The molecule has 0 N–H and O–H groups in total. The first-order valence-electron chi connectivity index (χ1n) is 7.97. The summed E-state index contributed by atoms with van der Waals surface area (Å²) in [5.41, 5.74) is 1.49. The van der Waals surface area contributed by atoms with E-state index in [1.54, 1.807) is 18.2 Å². The molecule has 0 atom stereocenters. The fraction of sp³-hybridized carbons (Fsp3) is 0.368. The van der Waals surface area contributed by atoms with Crippen LogP contribution in [0.4, 0.5) is 0 Å². The minimum Gasteiger partial charge on any atom is -0.218 e. The summed E-state index contributed by atoms with van der Waals surface area (Å²) in [6.45, 7) is 17.4. The fourth-order valence-corrected chi connectivity index (χ4v) is 3.53. The topological polar surface area (TPSA) is 34.1 Å². The molecule has 3 heteroatoms. The van der Waals surface area contributed by atoms with Crippen molar-refractivity contribution in [3.63, 3.8) is 0 Å². The number of rotatable bonds is 2. The van der Waals surface area contributed by atoms with Crippen molar-refractivity contribution < 1.29 is 8.42 Å². The molecule has 0 bridgehead atoms. The highest BCUT2D eigenvalue weighted by atomic mass is 32.2. The summed E-state index contributed by atoms with van der Waals surface area (Å²) in [6.07, 6.45) is 5.04. The number of fused-ring (bicyclic) bond motifs is 1. The third-order valence-corrected chi connectivity index (χ3v) is 4.44. The predicted octanol–water partition coefficient (Wildman–Crippen LogP) is 6.03. The summed E-state index contributed by atoms with van der Waals surface area (Å²) >= 11 is 0. The number of hydrogen-bond acceptors (Lipinski definition) is 2. The molecule has 0 saturated carbocycles. The van der Waals surface area contributed by atoms with Crippen LogP contribution in [0.5, 0.6) is 0 Å². The van der Waals surface area contributed by atoms with E-state index >= 15 is 0 Å². The Bertz CT molecular complexity index is 606. The normalized spacial score (nSPS) is 13.8. The predicted molar refractivity (Wildman–Crippen MR) is 99.6 cm³/mol. The molecule has 0 fully saturated rings. The lowest BCUT2D eigenvalue weighted by Crippen LogP contribution is -1.97. The number of benzene rings is 1. The Morgan fingerprint density at radius 2 is 1.45 bits per heavy atom. The van der Waals surface area contributed by atoms with Gasteiger partial charge < -0.3 is 0 Å². The Labute approximate surface area is 137 Å². The molecule has 1 aromatic carbocycles. The van der Waals surface area contributed by atoms with Crippen molar-refractivity contribution in [2.24, 2.45) is 0 Å². The SMILES string of the molecule is C=CC1=C(/C=C\C)c2ccccc2S1(=O)=O.CC.CC.CC. The average molecular weight is 323 g/mol. The molecule has 0 unspecified atom stereocenters. The minimum absolute atomic E-state index is 0.298. The van der Waals surface area contributed by atoms with Gasteiger partial charge in [-0.05, 0) is 19.1 Å². The molecule has 124 valence electrons. The van der Waals surface area contributed by atoms with Crippen molar-refractivity contribution in [3.05, 3.63) is 59.5 Å². The van der Waals surface area contributed by atoms with Crippen LogP contribution in [0.1, 0.15) is 54.0 Å². The first kappa shape index (κ1) is 22.7. The maximum absolute atomic E-state index is 12.1. The molecule has 0 radical (unpaired) electrons. The van der Waals surface area contributed by atoms with Crippen molar-refractivity contribution in [1.82, 2.24) is 0 Å². The van der Waals surface area contributed by atoms with Crippen molar-refractivity contribution in [3.8, 4) is 0 Å². The van der Waals surface area contributed by atoms with Gasteiger partial charge in [0.2, 0.25) is 9.84 Å². The lowest BCUT2D eigenvalue weighted by Gasteiger charge is -1.97. The van der Waals surface area contributed by atoms with Crippen LogP contribution in [-0.2, 0) is 9.84 Å². The molecule has 0 spiro atoms. The van der Waals surface area contributed by atoms with Crippen LogP contribution in [0.3, 0.4) is 0 Å². The van der Waals surface area contributed by atoms with Crippen molar-refractivity contribution >= 4 is 15.4 Å². The maximum Gasteiger partial charge on any atom is 0.207 e. The van der Waals surface area contributed by atoms with Crippen LogP contribution >= 0.6 is 0 Å². The highest BCUT2D eigenvalue weighted by Gasteiger charge is 2.31. The van der Waals surface area contributed by atoms with Gasteiger partial charge in [-0.1, -0.05) is 78.5 Å². The van der Waals surface area contributed by atoms with Gasteiger partial charge >= 0.3 is 0 Å². The Morgan fingerprint density at radius 3 is 1.91 bits per heavy atom. The first-order valence-corrected chi connectivity index (χ1v) is 9.45. The van der Waals surface area contributed by atoms with E-state index < -0.39 is 9.84 Å². The summed E-state index contributed by atoms with van der Waals surface area (Å²) in [7, 11) is -3.36. The van der Waals surface area contributed by atoms with Gasteiger partial charge in [0.05, 0.1) is 9.80 Å². The summed E-state index contributed by atoms with van der Waals surface area (Å²) in [5, 5.41) is 0. The van der Waals surface area contributed by atoms with Crippen LogP contribution in [0, 0.1) is 0 Å². The molecule has 0 amide bonds. The van der Waals surface area contributed by atoms with Gasteiger partial charge in [-0.25, -0.2) is 8.42 Å². The average Bonchev–Trinajstić information content (AvgIpc) is 2.81. The van der Waals surface area contributed by atoms with E-state index in [0.717, 1.165) is 11.1 Å². The van der Waals surface area contributed by atoms with Gasteiger partial charge in [0.25, 0.3) is 0 Å². The lowest BCUT2D eigenvalue weighted by atomic mass is 10.1. The van der Waals surface area contributed by atoms with Gasteiger partial charge in [-0.2, -0.15) is 0 Å². The Balaban J connectivity index is 0. The maximum atomic E-state index is 12.1. The summed E-state index contributed by atoms with van der Waals surface area (Å²) < 4.78 is 24.3. The van der Waals surface area contributed by atoms with Crippen LogP contribution in [-0.4, -0.2) is 8.42 Å². The number of hydrogen-bond donors (Lipinski definition) is 0. The summed E-state index contributed by atoms with van der Waals surface area (Å²) in [4.78, 5) is 0.671. The van der Waals surface area contributed by atoms with Crippen LogP contribution in [0.2, 0.25) is 0 Å². The number of allylic oxidation sites excluding steroid dienone is 4. The second-order valence-electron chi connectivity index (χ2n) is 3.48. The smallest absolute Gasteiger partial charge is 0.207 e. The molecule has 1 aromatic rings. The Kier molecular flexibility index (Phi) is 12.4. The molecule has 0 saturated heterocycles. The Hall–Kier alpha value is -1.61. The molecule has 1 heterocycles. The molecule has 22 heavy (non-hydrogen) atoms. The standard InChI is InChI=1S/C13H12O2S.3C2H6/c1-3-7-10-11-8-5-6-9-13(11)16(14,15)12(10)4-2;3*1-2/h3-9H,2H2,1H3;3*1-2H3/b7-3-;;;. The van der Waals surface area contributed by atoms with E-state index in [-0.39, 0.29) is 0 Å². The molecule has 0 aliphatic carbocycles. The quantitative estimate of drug-likeness (QED) is 0.666. The van der Waals surface area contributed by atoms with Crippen molar-refractivity contribution in [2.75, 3.05) is 0 Å². The molecule has 2 rings (SSSR count). The van der Waals surface area contributed by atoms with E-state index in [0.29, 0.717) is 9.80 Å². The van der Waals surface area contributed by atoms with E-state index in [2.05, 4.69) is 6.58 Å². The molecule has 1 aliphatic rings. The fourth-order valence-electron chi connectivity index (χ4n) is 1.88. The zero-order valence-electron chi connectivity index (χ0n) is 15.0. The summed E-state index contributed by atoms with van der Waals surface area (Å²) in [5.74, 6) is 0. The third-order valence-electron chi connectivity index (χ3n) is 2.54. The largest absolute Gasteiger partial charge is 0.218 e. The summed E-state index contributed by atoms with van der Waals surface area (Å²) in [6, 6.07) is 7.02. The lowest BCUT2D eigenvalue weighted by molar-refractivity contribution is 0.604. The number of sulfone groups is 1. The van der Waals surface area contributed by atoms with E-state index in [1.165, 1.54) is 6.08 Å². The van der Waals surface area contributed by atoms with Crippen molar-refractivity contribution in [2.45, 2.75) is 53.4 Å².